The maximum atomic E-state index is 12.3. The fraction of sp³-hybridized carbons (Fsp3) is 0.400. The van der Waals surface area contributed by atoms with Crippen LogP contribution in [0, 0.1) is 5.92 Å². The van der Waals surface area contributed by atoms with E-state index >= 15 is 0 Å². The lowest BCUT2D eigenvalue weighted by Crippen LogP contribution is -2.43. The Morgan fingerprint density at radius 1 is 1.08 bits per heavy atom. The first-order chi connectivity index (χ1) is 12.7. The van der Waals surface area contributed by atoms with Crippen LogP contribution in [0.1, 0.15) is 28.8 Å². The van der Waals surface area contributed by atoms with Gasteiger partial charge in [-0.15, -0.1) is 0 Å². The molecule has 0 spiro atoms. The molecular formula is C20H25N3O3. The minimum Gasteiger partial charge on any atom is -0.472 e. The van der Waals surface area contributed by atoms with Crippen molar-refractivity contribution in [2.45, 2.75) is 19.3 Å². The zero-order chi connectivity index (χ0) is 18.2. The van der Waals surface area contributed by atoms with Crippen molar-refractivity contribution >= 4 is 11.9 Å². The summed E-state index contributed by atoms with van der Waals surface area (Å²) in [6.07, 6.45) is 5.61. The second-order valence-corrected chi connectivity index (χ2v) is 6.62. The molecule has 0 atom stereocenters. The topological polar surface area (TPSA) is 74.6 Å². The Hall–Kier alpha value is -2.76. The molecule has 0 aliphatic carbocycles. The molecule has 3 rings (SSSR count). The van der Waals surface area contributed by atoms with Gasteiger partial charge in [-0.25, -0.2) is 4.79 Å². The number of carbonyl (C=O) groups excluding carboxylic acids is 2. The number of carbonyl (C=O) groups is 2. The van der Waals surface area contributed by atoms with Crippen LogP contribution in [0.4, 0.5) is 4.79 Å². The Bertz CT molecular complexity index is 692. The largest absolute Gasteiger partial charge is 0.472 e. The highest BCUT2D eigenvalue weighted by molar-refractivity contribution is 5.93. The van der Waals surface area contributed by atoms with Gasteiger partial charge in [0.1, 0.15) is 6.26 Å². The number of urea groups is 1. The summed E-state index contributed by atoms with van der Waals surface area (Å²) in [7, 11) is 0. The minimum atomic E-state index is -0.127. The lowest BCUT2D eigenvalue weighted by molar-refractivity contribution is 0.0690. The zero-order valence-electron chi connectivity index (χ0n) is 14.8. The van der Waals surface area contributed by atoms with Crippen LogP contribution in [0.2, 0.25) is 0 Å². The van der Waals surface area contributed by atoms with Crippen LogP contribution in [0.15, 0.2) is 53.3 Å². The first-order valence-corrected chi connectivity index (χ1v) is 9.09. The Morgan fingerprint density at radius 3 is 2.54 bits per heavy atom. The molecule has 1 fully saturated rings. The van der Waals surface area contributed by atoms with E-state index in [9.17, 15) is 9.59 Å². The average Bonchev–Trinajstić information content (AvgIpc) is 3.22. The third-order valence-electron chi connectivity index (χ3n) is 4.76. The summed E-state index contributed by atoms with van der Waals surface area (Å²) in [4.78, 5) is 26.0. The molecular weight excluding hydrogens is 330 g/mol. The Labute approximate surface area is 153 Å². The molecule has 138 valence electrons. The number of hydrogen-bond acceptors (Lipinski definition) is 3. The second-order valence-electron chi connectivity index (χ2n) is 6.62. The summed E-state index contributed by atoms with van der Waals surface area (Å²) < 4.78 is 4.97. The Morgan fingerprint density at radius 2 is 1.85 bits per heavy atom. The lowest BCUT2D eigenvalue weighted by Gasteiger charge is -2.31. The standard InChI is InChI=1S/C20H25N3O3/c24-19(18-9-13-26-15-18)23-11-7-17(8-12-23)14-22-20(25)21-10-6-16-4-2-1-3-5-16/h1-5,9,13,15,17H,6-8,10-12,14H2,(H2,21,22,25). The third-order valence-corrected chi connectivity index (χ3v) is 4.76. The van der Waals surface area contributed by atoms with Crippen LogP contribution in [0.25, 0.3) is 0 Å². The Balaban J connectivity index is 1.31. The van der Waals surface area contributed by atoms with Crippen molar-refractivity contribution in [3.8, 4) is 0 Å². The molecule has 0 bridgehead atoms. The van der Waals surface area contributed by atoms with Gasteiger partial charge in [0.25, 0.3) is 5.91 Å². The molecule has 2 aromatic rings. The molecule has 1 saturated heterocycles. The number of nitrogens with one attached hydrogen (secondary N) is 2. The van der Waals surface area contributed by atoms with E-state index in [4.69, 9.17) is 4.42 Å². The van der Waals surface area contributed by atoms with Crippen LogP contribution in [-0.2, 0) is 6.42 Å². The molecule has 1 aliphatic rings. The van der Waals surface area contributed by atoms with Gasteiger partial charge in [0.15, 0.2) is 0 Å². The van der Waals surface area contributed by atoms with E-state index in [2.05, 4.69) is 22.8 Å². The van der Waals surface area contributed by atoms with Crippen LogP contribution >= 0.6 is 0 Å². The molecule has 1 aliphatic heterocycles. The van der Waals surface area contributed by atoms with Gasteiger partial charge in [-0.05, 0) is 36.8 Å². The molecule has 1 aromatic heterocycles. The number of amides is 3. The van der Waals surface area contributed by atoms with Gasteiger partial charge in [0, 0.05) is 26.2 Å². The third kappa shape index (κ3) is 5.12. The van der Waals surface area contributed by atoms with E-state index in [0.29, 0.717) is 37.7 Å². The summed E-state index contributed by atoms with van der Waals surface area (Å²) in [6.45, 7) is 2.69. The zero-order valence-corrected chi connectivity index (χ0v) is 14.8. The van der Waals surface area contributed by atoms with Crippen molar-refractivity contribution in [1.29, 1.82) is 0 Å². The van der Waals surface area contributed by atoms with Crippen molar-refractivity contribution in [1.82, 2.24) is 15.5 Å². The second kappa shape index (κ2) is 9.08. The van der Waals surface area contributed by atoms with Crippen LogP contribution in [0.5, 0.6) is 0 Å². The predicted octanol–water partition coefficient (Wildman–Crippen LogP) is 2.67. The minimum absolute atomic E-state index is 0.0174. The first kappa shape index (κ1) is 18.0. The van der Waals surface area contributed by atoms with Crippen molar-refractivity contribution < 1.29 is 14.0 Å². The molecule has 0 radical (unpaired) electrons. The summed E-state index contributed by atoms with van der Waals surface area (Å²) >= 11 is 0. The molecule has 2 N–H and O–H groups in total. The van der Waals surface area contributed by atoms with Crippen molar-refractivity contribution in [3.05, 3.63) is 60.1 Å². The van der Waals surface area contributed by atoms with Gasteiger partial charge in [-0.3, -0.25) is 4.79 Å². The maximum Gasteiger partial charge on any atom is 0.314 e. The van der Waals surface area contributed by atoms with E-state index in [1.54, 1.807) is 6.07 Å². The SMILES string of the molecule is O=C(NCCc1ccccc1)NCC1CCN(C(=O)c2ccoc2)CC1. The molecule has 0 saturated carbocycles. The number of rotatable bonds is 6. The summed E-state index contributed by atoms with van der Waals surface area (Å²) in [5.41, 5.74) is 1.81. The van der Waals surface area contributed by atoms with Gasteiger partial charge in [0.2, 0.25) is 0 Å². The van der Waals surface area contributed by atoms with E-state index in [0.717, 1.165) is 19.3 Å². The van der Waals surface area contributed by atoms with Gasteiger partial charge in [0.05, 0.1) is 11.8 Å². The highest BCUT2D eigenvalue weighted by Crippen LogP contribution is 2.18. The molecule has 3 amide bonds. The maximum absolute atomic E-state index is 12.3. The molecule has 0 unspecified atom stereocenters. The van der Waals surface area contributed by atoms with Crippen LogP contribution < -0.4 is 10.6 Å². The molecule has 2 heterocycles. The van der Waals surface area contributed by atoms with Gasteiger partial charge in [-0.2, -0.15) is 0 Å². The number of benzene rings is 1. The highest BCUT2D eigenvalue weighted by atomic mass is 16.3. The summed E-state index contributed by atoms with van der Waals surface area (Å²) in [6, 6.07) is 11.7. The van der Waals surface area contributed by atoms with E-state index in [1.807, 2.05) is 23.1 Å². The number of furan rings is 1. The van der Waals surface area contributed by atoms with E-state index in [1.165, 1.54) is 18.1 Å². The van der Waals surface area contributed by atoms with Crippen molar-refractivity contribution in [3.63, 3.8) is 0 Å². The fourth-order valence-corrected chi connectivity index (χ4v) is 3.17. The van der Waals surface area contributed by atoms with E-state index in [-0.39, 0.29) is 11.9 Å². The van der Waals surface area contributed by atoms with Gasteiger partial charge >= 0.3 is 6.03 Å². The van der Waals surface area contributed by atoms with Crippen LogP contribution in [-0.4, -0.2) is 43.0 Å². The quantitative estimate of drug-likeness (QED) is 0.837. The first-order valence-electron chi connectivity index (χ1n) is 9.09. The molecule has 26 heavy (non-hydrogen) atoms. The number of hydrogen-bond donors (Lipinski definition) is 2. The van der Waals surface area contributed by atoms with Crippen molar-refractivity contribution in [2.75, 3.05) is 26.2 Å². The lowest BCUT2D eigenvalue weighted by atomic mass is 9.96. The predicted molar refractivity (Wildman–Crippen MR) is 98.9 cm³/mol. The number of likely N-dealkylation sites (tertiary alicyclic amines) is 1. The molecule has 6 nitrogen and oxygen atoms in total. The number of piperidine rings is 1. The smallest absolute Gasteiger partial charge is 0.314 e. The number of nitrogens with zero attached hydrogens (tertiary/aromatic N) is 1. The fourth-order valence-electron chi connectivity index (χ4n) is 3.17. The monoisotopic (exact) mass is 355 g/mol. The van der Waals surface area contributed by atoms with Crippen molar-refractivity contribution in [2.24, 2.45) is 5.92 Å². The molecule has 6 heteroatoms. The normalized spacial score (nSPS) is 14.8. The summed E-state index contributed by atoms with van der Waals surface area (Å²) in [5.74, 6) is 0.423. The van der Waals surface area contributed by atoms with E-state index < -0.39 is 0 Å². The van der Waals surface area contributed by atoms with Gasteiger partial charge < -0.3 is 20.0 Å². The van der Waals surface area contributed by atoms with Crippen LogP contribution in [0.3, 0.4) is 0 Å². The summed E-state index contributed by atoms with van der Waals surface area (Å²) in [5, 5.41) is 5.83. The van der Waals surface area contributed by atoms with Gasteiger partial charge in [-0.1, -0.05) is 30.3 Å². The average molecular weight is 355 g/mol. The Kier molecular flexibility index (Phi) is 6.30. The molecule has 1 aromatic carbocycles. The highest BCUT2D eigenvalue weighted by Gasteiger charge is 2.24.